The first-order valence-corrected chi connectivity index (χ1v) is 6.22. The predicted octanol–water partition coefficient (Wildman–Crippen LogP) is 0.298. The highest BCUT2D eigenvalue weighted by molar-refractivity contribution is 5.78. The predicted molar refractivity (Wildman–Crippen MR) is 66.3 cm³/mol. The fraction of sp³-hybridized carbons (Fsp3) is 0.917. The summed E-state index contributed by atoms with van der Waals surface area (Å²) in [4.78, 5) is 13.8. The zero-order chi connectivity index (χ0) is 12.1. The van der Waals surface area contributed by atoms with Gasteiger partial charge in [0.05, 0.1) is 0 Å². The Morgan fingerprint density at radius 3 is 2.81 bits per heavy atom. The number of rotatable bonds is 5. The molecule has 4 nitrogen and oxygen atoms in total. The molecule has 0 spiro atoms. The first-order valence-electron chi connectivity index (χ1n) is 6.22. The van der Waals surface area contributed by atoms with E-state index in [1.165, 1.54) is 6.42 Å². The van der Waals surface area contributed by atoms with Gasteiger partial charge < -0.3 is 15.5 Å². The van der Waals surface area contributed by atoms with Crippen molar-refractivity contribution < 1.29 is 4.79 Å². The van der Waals surface area contributed by atoms with Crippen molar-refractivity contribution in [1.82, 2.24) is 15.5 Å². The molecule has 0 bridgehead atoms. The highest BCUT2D eigenvalue weighted by Gasteiger charge is 2.29. The Morgan fingerprint density at radius 1 is 1.56 bits per heavy atom. The lowest BCUT2D eigenvalue weighted by molar-refractivity contribution is -0.124. The van der Waals surface area contributed by atoms with Crippen LogP contribution in [0.25, 0.3) is 0 Å². The maximum atomic E-state index is 11.5. The van der Waals surface area contributed by atoms with E-state index >= 15 is 0 Å². The molecule has 0 saturated carbocycles. The van der Waals surface area contributed by atoms with Crippen molar-refractivity contribution >= 4 is 5.91 Å². The molecule has 0 aromatic carbocycles. The third-order valence-electron chi connectivity index (χ3n) is 3.65. The van der Waals surface area contributed by atoms with Crippen LogP contribution in [0.5, 0.6) is 0 Å². The van der Waals surface area contributed by atoms with E-state index in [1.807, 2.05) is 6.92 Å². The van der Waals surface area contributed by atoms with E-state index < -0.39 is 0 Å². The molecule has 0 aromatic rings. The fourth-order valence-corrected chi connectivity index (χ4v) is 2.55. The lowest BCUT2D eigenvalue weighted by Gasteiger charge is -2.30. The number of hydrogen-bond donors (Lipinski definition) is 2. The molecule has 1 heterocycles. The van der Waals surface area contributed by atoms with E-state index in [1.54, 1.807) is 7.05 Å². The van der Waals surface area contributed by atoms with Gasteiger partial charge in [-0.3, -0.25) is 4.79 Å². The van der Waals surface area contributed by atoms with E-state index in [4.69, 9.17) is 0 Å². The number of likely N-dealkylation sites (N-methyl/N-ethyl adjacent to an activating group) is 1. The molecule has 1 aliphatic heterocycles. The summed E-state index contributed by atoms with van der Waals surface area (Å²) in [5.74, 6) is 0.917. The molecule has 2 N–H and O–H groups in total. The Balaban J connectivity index is 2.45. The number of carbonyl (C=O) groups is 1. The molecule has 4 heteroatoms. The Kier molecular flexibility index (Phi) is 5.22. The van der Waals surface area contributed by atoms with Crippen molar-refractivity contribution in [1.29, 1.82) is 0 Å². The lowest BCUT2D eigenvalue weighted by atomic mass is 9.98. The summed E-state index contributed by atoms with van der Waals surface area (Å²) in [7, 11) is 3.82. The van der Waals surface area contributed by atoms with E-state index in [2.05, 4.69) is 29.5 Å². The molecule has 94 valence electrons. The molecule has 0 aromatic heterocycles. The fourth-order valence-electron chi connectivity index (χ4n) is 2.55. The average Bonchev–Trinajstić information content (AvgIpc) is 2.75. The summed E-state index contributed by atoms with van der Waals surface area (Å²) in [6, 6.07) is 0.581. The summed E-state index contributed by atoms with van der Waals surface area (Å²) in [6.07, 6.45) is 1.20. The highest BCUT2D eigenvalue weighted by atomic mass is 16.1. The molecule has 0 aliphatic carbocycles. The molecule has 1 amide bonds. The van der Waals surface area contributed by atoms with E-state index in [0.29, 0.717) is 6.04 Å². The zero-order valence-electron chi connectivity index (χ0n) is 10.9. The van der Waals surface area contributed by atoms with Crippen LogP contribution in [0.1, 0.15) is 20.3 Å². The van der Waals surface area contributed by atoms with Gasteiger partial charge in [0.25, 0.3) is 0 Å². The van der Waals surface area contributed by atoms with Gasteiger partial charge in [-0.25, -0.2) is 0 Å². The minimum atomic E-state index is 0.0631. The second kappa shape index (κ2) is 6.21. The van der Waals surface area contributed by atoms with Crippen LogP contribution >= 0.6 is 0 Å². The quantitative estimate of drug-likeness (QED) is 0.710. The summed E-state index contributed by atoms with van der Waals surface area (Å²) in [5.41, 5.74) is 0. The van der Waals surface area contributed by atoms with Crippen molar-refractivity contribution in [3.8, 4) is 0 Å². The first kappa shape index (κ1) is 13.5. The van der Waals surface area contributed by atoms with Crippen molar-refractivity contribution in [2.24, 2.45) is 11.8 Å². The molecule has 1 aliphatic rings. The smallest absolute Gasteiger partial charge is 0.223 e. The summed E-state index contributed by atoms with van der Waals surface area (Å²) >= 11 is 0. The molecule has 1 rings (SSSR count). The van der Waals surface area contributed by atoms with Crippen molar-refractivity contribution in [3.63, 3.8) is 0 Å². The van der Waals surface area contributed by atoms with Crippen LogP contribution in [0.2, 0.25) is 0 Å². The van der Waals surface area contributed by atoms with Gasteiger partial charge >= 0.3 is 0 Å². The number of nitrogens with one attached hydrogen (secondary N) is 2. The van der Waals surface area contributed by atoms with Gasteiger partial charge in [-0.05, 0) is 19.5 Å². The zero-order valence-corrected chi connectivity index (χ0v) is 10.9. The van der Waals surface area contributed by atoms with Crippen molar-refractivity contribution in [2.45, 2.75) is 26.3 Å². The Bertz CT molecular complexity index is 232. The van der Waals surface area contributed by atoms with Gasteiger partial charge in [0.2, 0.25) is 5.91 Å². The van der Waals surface area contributed by atoms with Crippen LogP contribution in [0.4, 0.5) is 0 Å². The first-order chi connectivity index (χ1) is 7.60. The molecule has 1 fully saturated rings. The van der Waals surface area contributed by atoms with Gasteiger partial charge in [-0.2, -0.15) is 0 Å². The van der Waals surface area contributed by atoms with Gasteiger partial charge in [0, 0.05) is 32.1 Å². The van der Waals surface area contributed by atoms with Crippen LogP contribution in [0.3, 0.4) is 0 Å². The largest absolute Gasteiger partial charge is 0.359 e. The van der Waals surface area contributed by atoms with E-state index in [-0.39, 0.29) is 11.8 Å². The SMILES string of the molecule is CCC1CNCC1N(C)CC(C)C(=O)NC. The van der Waals surface area contributed by atoms with Crippen molar-refractivity contribution in [3.05, 3.63) is 0 Å². The maximum Gasteiger partial charge on any atom is 0.223 e. The number of carbonyl (C=O) groups excluding carboxylic acids is 1. The summed E-state index contributed by atoms with van der Waals surface area (Å²) in [5, 5.41) is 6.13. The molecule has 3 atom stereocenters. The molecule has 16 heavy (non-hydrogen) atoms. The van der Waals surface area contributed by atoms with Crippen LogP contribution in [-0.2, 0) is 4.79 Å². The van der Waals surface area contributed by atoms with Gasteiger partial charge in [0.15, 0.2) is 0 Å². The molecule has 0 radical (unpaired) electrons. The van der Waals surface area contributed by atoms with Crippen LogP contribution in [-0.4, -0.2) is 50.6 Å². The van der Waals surface area contributed by atoms with Crippen LogP contribution in [0.15, 0.2) is 0 Å². The third-order valence-corrected chi connectivity index (χ3v) is 3.65. The average molecular weight is 227 g/mol. The van der Waals surface area contributed by atoms with Crippen LogP contribution in [0, 0.1) is 11.8 Å². The van der Waals surface area contributed by atoms with Crippen LogP contribution < -0.4 is 10.6 Å². The minimum absolute atomic E-state index is 0.0631. The Hall–Kier alpha value is -0.610. The normalized spacial score (nSPS) is 27.1. The van der Waals surface area contributed by atoms with E-state index in [9.17, 15) is 4.79 Å². The number of nitrogens with zero attached hydrogens (tertiary/aromatic N) is 1. The van der Waals surface area contributed by atoms with E-state index in [0.717, 1.165) is 25.6 Å². The molecule has 3 unspecified atom stereocenters. The summed E-state index contributed by atoms with van der Waals surface area (Å²) < 4.78 is 0. The standard InChI is InChI=1S/C12H25N3O/c1-5-10-6-14-7-11(10)15(4)8-9(2)12(16)13-3/h9-11,14H,5-8H2,1-4H3,(H,13,16). The number of hydrogen-bond acceptors (Lipinski definition) is 3. The van der Waals surface area contributed by atoms with Gasteiger partial charge in [0.1, 0.15) is 0 Å². The third kappa shape index (κ3) is 3.19. The Morgan fingerprint density at radius 2 is 2.25 bits per heavy atom. The van der Waals surface area contributed by atoms with Gasteiger partial charge in [-0.1, -0.05) is 20.3 Å². The molecule has 1 saturated heterocycles. The second-order valence-electron chi connectivity index (χ2n) is 4.85. The molecular weight excluding hydrogens is 202 g/mol. The molecular formula is C12H25N3O. The lowest BCUT2D eigenvalue weighted by Crippen LogP contribution is -2.43. The van der Waals surface area contributed by atoms with Crippen molar-refractivity contribution in [2.75, 3.05) is 33.7 Å². The highest BCUT2D eigenvalue weighted by Crippen LogP contribution is 2.18. The second-order valence-corrected chi connectivity index (χ2v) is 4.85. The topological polar surface area (TPSA) is 44.4 Å². The summed E-state index contributed by atoms with van der Waals surface area (Å²) in [6.45, 7) is 7.22. The minimum Gasteiger partial charge on any atom is -0.359 e. The number of amides is 1. The maximum absolute atomic E-state index is 11.5. The van der Waals surface area contributed by atoms with Gasteiger partial charge in [-0.15, -0.1) is 0 Å². The Labute approximate surface area is 98.8 Å². The monoisotopic (exact) mass is 227 g/mol.